The van der Waals surface area contributed by atoms with Crippen LogP contribution in [0.25, 0.3) is 0 Å². The minimum absolute atomic E-state index is 0.180. The highest BCUT2D eigenvalue weighted by molar-refractivity contribution is 5.72. The molecule has 5 nitrogen and oxygen atoms in total. The number of aliphatic hydroxyl groups excluding tert-OH is 2. The van der Waals surface area contributed by atoms with E-state index in [-0.39, 0.29) is 11.9 Å². The normalized spacial score (nSPS) is 16.6. The molecule has 0 saturated heterocycles. The Bertz CT molecular complexity index is 217. The van der Waals surface area contributed by atoms with E-state index in [9.17, 15) is 9.90 Å². The van der Waals surface area contributed by atoms with E-state index in [0.717, 1.165) is 19.3 Å². The molecule has 3 N–H and O–H groups in total. The molecule has 0 aliphatic carbocycles. The van der Waals surface area contributed by atoms with Crippen molar-refractivity contribution in [3.63, 3.8) is 0 Å². The van der Waals surface area contributed by atoms with Gasteiger partial charge >= 0.3 is 5.97 Å². The van der Waals surface area contributed by atoms with Crippen LogP contribution in [0.4, 0.5) is 0 Å². The quantitative estimate of drug-likeness (QED) is 0.437. The summed E-state index contributed by atoms with van der Waals surface area (Å²) in [6.45, 7) is 5.39. The van der Waals surface area contributed by atoms with Gasteiger partial charge in [-0.25, -0.2) is 0 Å². The minimum Gasteiger partial charge on any atom is -0.459 e. The monoisotopic (exact) mass is 248 g/mol. The average Bonchev–Trinajstić information content (AvgIpc) is 2.28. The van der Waals surface area contributed by atoms with Crippen molar-refractivity contribution in [3.05, 3.63) is 0 Å². The maximum absolute atomic E-state index is 11.7. The van der Waals surface area contributed by atoms with Crippen LogP contribution >= 0.6 is 0 Å². The molecule has 5 heteroatoms. The van der Waals surface area contributed by atoms with E-state index < -0.39 is 18.5 Å². The second kappa shape index (κ2) is 8.44. The summed E-state index contributed by atoms with van der Waals surface area (Å²) >= 11 is 0. The van der Waals surface area contributed by atoms with Gasteiger partial charge < -0.3 is 20.1 Å². The van der Waals surface area contributed by atoms with Gasteiger partial charge in [-0.15, -0.1) is 0 Å². The molecule has 0 rings (SSSR count). The lowest BCUT2D eigenvalue weighted by atomic mass is 9.99. The van der Waals surface area contributed by atoms with Crippen LogP contribution in [0.15, 0.2) is 0 Å². The van der Waals surface area contributed by atoms with Crippen molar-refractivity contribution < 1.29 is 24.9 Å². The zero-order valence-corrected chi connectivity index (χ0v) is 10.8. The molecule has 17 heavy (non-hydrogen) atoms. The number of aliphatic hydroxyl groups is 3. The van der Waals surface area contributed by atoms with Crippen LogP contribution in [0, 0.1) is 5.92 Å². The van der Waals surface area contributed by atoms with Crippen LogP contribution in [0.1, 0.15) is 46.5 Å². The first-order valence-electron chi connectivity index (χ1n) is 6.18. The summed E-state index contributed by atoms with van der Waals surface area (Å²) in [6, 6.07) is 0. The van der Waals surface area contributed by atoms with Crippen molar-refractivity contribution in [2.75, 3.05) is 0 Å². The number of carbonyl (C=O) groups excluding carboxylic acids is 1. The van der Waals surface area contributed by atoms with Gasteiger partial charge in [-0.2, -0.15) is 0 Å². The van der Waals surface area contributed by atoms with Gasteiger partial charge in [-0.3, -0.25) is 4.79 Å². The van der Waals surface area contributed by atoms with E-state index in [1.54, 1.807) is 0 Å². The zero-order valence-electron chi connectivity index (χ0n) is 10.8. The molecule has 0 bridgehead atoms. The number of unbranched alkanes of at least 4 members (excludes halogenated alkanes) is 1. The van der Waals surface area contributed by atoms with Crippen LogP contribution in [-0.2, 0) is 9.53 Å². The van der Waals surface area contributed by atoms with Crippen molar-refractivity contribution in [2.45, 2.75) is 65.0 Å². The van der Waals surface area contributed by atoms with Gasteiger partial charge in [0.05, 0.1) is 5.92 Å². The second-order valence-corrected chi connectivity index (χ2v) is 4.29. The first-order chi connectivity index (χ1) is 7.93. The van der Waals surface area contributed by atoms with Gasteiger partial charge in [0.15, 0.2) is 6.29 Å². The molecule has 102 valence electrons. The van der Waals surface area contributed by atoms with E-state index in [1.807, 2.05) is 13.8 Å². The van der Waals surface area contributed by atoms with Crippen LogP contribution in [0.5, 0.6) is 0 Å². The summed E-state index contributed by atoms with van der Waals surface area (Å²) < 4.78 is 5.01. The largest absolute Gasteiger partial charge is 0.459 e. The summed E-state index contributed by atoms with van der Waals surface area (Å²) in [7, 11) is 0. The van der Waals surface area contributed by atoms with Crippen LogP contribution in [0.2, 0.25) is 0 Å². The summed E-state index contributed by atoms with van der Waals surface area (Å²) in [5.74, 6) is -0.561. The SMILES string of the molecule is CCCCC(CC)C(=O)OC(C)C(O)C(O)O. The Kier molecular flexibility index (Phi) is 8.12. The lowest BCUT2D eigenvalue weighted by molar-refractivity contribution is -0.182. The third-order valence-corrected chi connectivity index (χ3v) is 2.82. The van der Waals surface area contributed by atoms with Crippen LogP contribution in [0.3, 0.4) is 0 Å². The fourth-order valence-corrected chi connectivity index (χ4v) is 1.53. The third-order valence-electron chi connectivity index (χ3n) is 2.82. The molecule has 0 aromatic rings. The van der Waals surface area contributed by atoms with Gasteiger partial charge in [0, 0.05) is 0 Å². The highest BCUT2D eigenvalue weighted by atomic mass is 16.6. The Balaban J connectivity index is 4.20. The molecule has 0 aromatic carbocycles. The Morgan fingerprint density at radius 3 is 2.24 bits per heavy atom. The Hall–Kier alpha value is -0.650. The van der Waals surface area contributed by atoms with E-state index in [1.165, 1.54) is 6.92 Å². The minimum atomic E-state index is -1.89. The van der Waals surface area contributed by atoms with Gasteiger partial charge in [0.2, 0.25) is 0 Å². The fourth-order valence-electron chi connectivity index (χ4n) is 1.53. The molecule has 3 atom stereocenters. The molecule has 0 fully saturated rings. The van der Waals surface area contributed by atoms with Gasteiger partial charge in [-0.1, -0.05) is 26.7 Å². The summed E-state index contributed by atoms with van der Waals surface area (Å²) in [5.41, 5.74) is 0. The molecule has 0 radical (unpaired) electrons. The summed E-state index contributed by atoms with van der Waals surface area (Å²) in [6.07, 6.45) is -0.876. The topological polar surface area (TPSA) is 87.0 Å². The predicted octanol–water partition coefficient (Wildman–Crippen LogP) is 0.806. The second-order valence-electron chi connectivity index (χ2n) is 4.29. The number of carbonyl (C=O) groups is 1. The highest BCUT2D eigenvalue weighted by Crippen LogP contribution is 2.16. The Morgan fingerprint density at radius 1 is 1.24 bits per heavy atom. The van der Waals surface area contributed by atoms with Crippen molar-refractivity contribution in [3.8, 4) is 0 Å². The highest BCUT2D eigenvalue weighted by Gasteiger charge is 2.27. The Labute approximate surface area is 102 Å². The molecular formula is C12H24O5. The van der Waals surface area contributed by atoms with E-state index in [2.05, 4.69) is 0 Å². The molecule has 0 spiro atoms. The van der Waals surface area contributed by atoms with E-state index in [4.69, 9.17) is 14.9 Å². The first-order valence-corrected chi connectivity index (χ1v) is 6.18. The van der Waals surface area contributed by atoms with Crippen molar-refractivity contribution >= 4 is 5.97 Å². The molecule has 0 aliphatic rings. The van der Waals surface area contributed by atoms with Crippen LogP contribution in [-0.4, -0.2) is 39.8 Å². The molecule has 0 saturated carbocycles. The lowest BCUT2D eigenvalue weighted by Gasteiger charge is -2.23. The standard InChI is InChI=1S/C12H24O5/c1-4-6-7-9(5-2)12(16)17-8(3)10(13)11(14)15/h8-11,13-15H,4-7H2,1-3H3. The predicted molar refractivity (Wildman–Crippen MR) is 63.1 cm³/mol. The van der Waals surface area contributed by atoms with E-state index >= 15 is 0 Å². The number of hydrogen-bond donors (Lipinski definition) is 3. The molecule has 0 aromatic heterocycles. The molecule has 3 unspecified atom stereocenters. The smallest absolute Gasteiger partial charge is 0.309 e. The summed E-state index contributed by atoms with van der Waals surface area (Å²) in [5, 5.41) is 26.8. The van der Waals surface area contributed by atoms with Crippen LogP contribution < -0.4 is 0 Å². The first kappa shape index (κ1) is 16.4. The molecular weight excluding hydrogens is 224 g/mol. The number of rotatable bonds is 8. The molecule has 0 amide bonds. The number of hydrogen-bond acceptors (Lipinski definition) is 5. The van der Waals surface area contributed by atoms with Gasteiger partial charge in [0.1, 0.15) is 12.2 Å². The number of esters is 1. The summed E-state index contributed by atoms with van der Waals surface area (Å²) in [4.78, 5) is 11.7. The lowest BCUT2D eigenvalue weighted by Crippen LogP contribution is -2.39. The average molecular weight is 248 g/mol. The third kappa shape index (κ3) is 6.00. The van der Waals surface area contributed by atoms with Crippen molar-refractivity contribution in [2.24, 2.45) is 5.92 Å². The zero-order chi connectivity index (χ0) is 13.4. The fraction of sp³-hybridized carbons (Fsp3) is 0.917. The molecule has 0 aliphatic heterocycles. The van der Waals surface area contributed by atoms with Gasteiger partial charge in [-0.05, 0) is 19.8 Å². The maximum atomic E-state index is 11.7. The Morgan fingerprint density at radius 2 is 1.82 bits per heavy atom. The van der Waals surface area contributed by atoms with Crippen molar-refractivity contribution in [1.29, 1.82) is 0 Å². The molecule has 0 heterocycles. The number of ether oxygens (including phenoxy) is 1. The van der Waals surface area contributed by atoms with Gasteiger partial charge in [0.25, 0.3) is 0 Å². The maximum Gasteiger partial charge on any atom is 0.309 e. The van der Waals surface area contributed by atoms with Crippen molar-refractivity contribution in [1.82, 2.24) is 0 Å². The van der Waals surface area contributed by atoms with E-state index in [0.29, 0.717) is 6.42 Å².